The fourth-order valence-corrected chi connectivity index (χ4v) is 6.06. The minimum atomic E-state index is -1.31. The molecule has 0 aliphatic heterocycles. The first-order valence-electron chi connectivity index (χ1n) is 12.7. The Kier molecular flexibility index (Phi) is 8.29. The molecule has 6 heteroatoms. The van der Waals surface area contributed by atoms with E-state index in [-0.39, 0.29) is 23.6 Å². The standard InChI is InChI=1S/C31H35FO4S/c1-31(2,3)18-23-15-25(11-12-26(23)28-16-24(36-4)10-13-29(28)32)37(35)19-20-6-5-7-22(14-20)27(17-30(33)34)21-8-9-21/h5-7,10-16,21,27H,8-9,17-19H2,1-4H3,(H,33,34). The molecule has 0 radical (unpaired) electrons. The fraction of sp³-hybridized carbons (Fsp3) is 0.387. The highest BCUT2D eigenvalue weighted by Gasteiger charge is 2.34. The van der Waals surface area contributed by atoms with Crippen molar-refractivity contribution in [3.63, 3.8) is 0 Å². The first-order chi connectivity index (χ1) is 17.5. The first kappa shape index (κ1) is 27.2. The summed E-state index contributed by atoms with van der Waals surface area (Å²) in [6, 6.07) is 18.2. The van der Waals surface area contributed by atoms with E-state index in [0.717, 1.165) is 35.1 Å². The number of hydrogen-bond acceptors (Lipinski definition) is 3. The number of methoxy groups -OCH3 is 1. The highest BCUT2D eigenvalue weighted by Crippen LogP contribution is 2.44. The van der Waals surface area contributed by atoms with Crippen LogP contribution in [0.4, 0.5) is 4.39 Å². The number of hydrogen-bond donors (Lipinski definition) is 1. The molecule has 1 aliphatic rings. The molecule has 3 aromatic rings. The van der Waals surface area contributed by atoms with Gasteiger partial charge in [-0.3, -0.25) is 4.79 Å². The Morgan fingerprint density at radius 3 is 2.51 bits per heavy atom. The maximum absolute atomic E-state index is 14.8. The van der Waals surface area contributed by atoms with Crippen LogP contribution in [0.1, 0.15) is 62.6 Å². The van der Waals surface area contributed by atoms with Gasteiger partial charge < -0.3 is 14.4 Å². The average Bonchev–Trinajstić information content (AvgIpc) is 3.67. The second-order valence-corrected chi connectivity index (χ2v) is 12.6. The highest BCUT2D eigenvalue weighted by atomic mass is 32.2. The molecule has 0 bridgehead atoms. The van der Waals surface area contributed by atoms with Crippen LogP contribution in [-0.2, 0) is 28.1 Å². The number of benzene rings is 3. The van der Waals surface area contributed by atoms with Crippen molar-refractivity contribution in [2.45, 2.75) is 63.0 Å². The van der Waals surface area contributed by atoms with Gasteiger partial charge >= 0.3 is 5.97 Å². The van der Waals surface area contributed by atoms with Gasteiger partial charge in [-0.05, 0) is 101 Å². The van der Waals surface area contributed by atoms with E-state index in [2.05, 4.69) is 20.8 Å². The number of halogens is 1. The van der Waals surface area contributed by atoms with Gasteiger partial charge in [0.1, 0.15) is 17.3 Å². The van der Waals surface area contributed by atoms with Gasteiger partial charge in [0.05, 0.1) is 13.5 Å². The Hall–Kier alpha value is -2.83. The molecular weight excluding hydrogens is 487 g/mol. The van der Waals surface area contributed by atoms with Gasteiger partial charge in [0.2, 0.25) is 0 Å². The van der Waals surface area contributed by atoms with E-state index >= 15 is 0 Å². The van der Waals surface area contributed by atoms with E-state index in [9.17, 15) is 18.8 Å². The van der Waals surface area contributed by atoms with Crippen molar-refractivity contribution in [2.24, 2.45) is 11.3 Å². The van der Waals surface area contributed by atoms with Crippen LogP contribution in [0, 0.1) is 17.2 Å². The summed E-state index contributed by atoms with van der Waals surface area (Å²) in [4.78, 5) is 12.1. The van der Waals surface area contributed by atoms with E-state index in [1.807, 2.05) is 42.5 Å². The number of aliphatic carboxylic acids is 1. The van der Waals surface area contributed by atoms with E-state index in [0.29, 0.717) is 34.3 Å². The lowest BCUT2D eigenvalue weighted by Gasteiger charge is -2.22. The van der Waals surface area contributed by atoms with Gasteiger partial charge in [-0.15, -0.1) is 0 Å². The highest BCUT2D eigenvalue weighted by molar-refractivity contribution is 7.90. The molecule has 0 amide bonds. The fourth-order valence-electron chi connectivity index (χ4n) is 4.92. The predicted molar refractivity (Wildman–Crippen MR) is 146 cm³/mol. The first-order valence-corrected chi connectivity index (χ1v) is 14.0. The molecule has 2 unspecified atom stereocenters. The monoisotopic (exact) mass is 522 g/mol. The smallest absolute Gasteiger partial charge is 0.303 e. The quantitative estimate of drug-likeness (QED) is 0.282. The molecular formula is C31H35FO4S. The number of carboxylic acids is 1. The molecule has 2 atom stereocenters. The molecule has 1 fully saturated rings. The number of carbonyl (C=O) groups is 1. The zero-order valence-corrected chi connectivity index (χ0v) is 22.7. The topological polar surface area (TPSA) is 69.6 Å². The van der Waals surface area contributed by atoms with Crippen molar-refractivity contribution in [2.75, 3.05) is 7.11 Å². The summed E-state index contributed by atoms with van der Waals surface area (Å²) >= 11 is -1.31. The Bertz CT molecular complexity index is 1260. The maximum atomic E-state index is 14.8. The van der Waals surface area contributed by atoms with Crippen LogP contribution in [-0.4, -0.2) is 22.7 Å². The third-order valence-corrected chi connectivity index (χ3v) is 8.16. The zero-order chi connectivity index (χ0) is 26.7. The van der Waals surface area contributed by atoms with Crippen molar-refractivity contribution in [3.8, 4) is 16.9 Å². The molecule has 0 saturated heterocycles. The molecule has 0 aromatic heterocycles. The van der Waals surface area contributed by atoms with Crippen molar-refractivity contribution in [3.05, 3.63) is 83.2 Å². The van der Waals surface area contributed by atoms with E-state index in [4.69, 9.17) is 4.74 Å². The van der Waals surface area contributed by atoms with Gasteiger partial charge in [-0.2, -0.15) is 0 Å². The summed E-state index contributed by atoms with van der Waals surface area (Å²) in [6.45, 7) is 6.38. The van der Waals surface area contributed by atoms with Crippen LogP contribution in [0.5, 0.6) is 5.75 Å². The van der Waals surface area contributed by atoms with Gasteiger partial charge in [-0.25, -0.2) is 4.39 Å². The lowest BCUT2D eigenvalue weighted by Crippen LogP contribution is -2.12. The van der Waals surface area contributed by atoms with Crippen molar-refractivity contribution >= 4 is 17.1 Å². The van der Waals surface area contributed by atoms with Crippen LogP contribution in [0.15, 0.2) is 65.6 Å². The van der Waals surface area contributed by atoms with Gasteiger partial charge in [0.15, 0.2) is 4.90 Å². The maximum Gasteiger partial charge on any atom is 0.303 e. The molecule has 3 aromatic carbocycles. The van der Waals surface area contributed by atoms with Crippen LogP contribution in [0.3, 0.4) is 0 Å². The lowest BCUT2D eigenvalue weighted by molar-refractivity contribution is -0.137. The van der Waals surface area contributed by atoms with Crippen LogP contribution >= 0.6 is 0 Å². The number of rotatable bonds is 10. The SMILES string of the molecule is COc1ccc(F)c(-c2ccc([S+]([O-])Cc3cccc(C(CC(=O)O)C4CC4)c3)cc2CC(C)(C)C)c1. The van der Waals surface area contributed by atoms with Gasteiger partial charge in [0.25, 0.3) is 0 Å². The third-order valence-electron chi connectivity index (χ3n) is 6.79. The van der Waals surface area contributed by atoms with Crippen molar-refractivity contribution in [1.82, 2.24) is 0 Å². The molecule has 37 heavy (non-hydrogen) atoms. The Morgan fingerprint density at radius 1 is 1.11 bits per heavy atom. The number of carboxylic acid groups (broad SMARTS) is 1. The van der Waals surface area contributed by atoms with E-state index in [1.165, 1.54) is 6.07 Å². The molecule has 1 N–H and O–H groups in total. The number of ether oxygens (including phenoxy) is 1. The minimum Gasteiger partial charge on any atom is -0.611 e. The largest absolute Gasteiger partial charge is 0.611 e. The molecule has 4 nitrogen and oxygen atoms in total. The minimum absolute atomic E-state index is 0.00122. The molecule has 0 spiro atoms. The Balaban J connectivity index is 1.62. The second kappa shape index (κ2) is 11.3. The van der Waals surface area contributed by atoms with Crippen LogP contribution in [0.2, 0.25) is 0 Å². The summed E-state index contributed by atoms with van der Waals surface area (Å²) < 4.78 is 33.6. The summed E-state index contributed by atoms with van der Waals surface area (Å²) in [5.41, 5.74) is 4.06. The van der Waals surface area contributed by atoms with Crippen LogP contribution < -0.4 is 4.74 Å². The van der Waals surface area contributed by atoms with E-state index in [1.54, 1.807) is 19.2 Å². The van der Waals surface area contributed by atoms with Crippen LogP contribution in [0.25, 0.3) is 11.1 Å². The average molecular weight is 523 g/mol. The summed E-state index contributed by atoms with van der Waals surface area (Å²) in [5.74, 6) is 0.221. The Morgan fingerprint density at radius 2 is 1.86 bits per heavy atom. The normalized spacial score (nSPS) is 15.3. The molecule has 1 saturated carbocycles. The second-order valence-electron chi connectivity index (χ2n) is 11.2. The Labute approximate surface area is 222 Å². The molecule has 0 heterocycles. The molecule has 196 valence electrons. The predicted octanol–water partition coefficient (Wildman–Crippen LogP) is 7.37. The molecule has 1 aliphatic carbocycles. The molecule has 4 rings (SSSR count). The van der Waals surface area contributed by atoms with Gasteiger partial charge in [0, 0.05) is 11.1 Å². The van der Waals surface area contributed by atoms with Gasteiger partial charge in [-0.1, -0.05) is 45.0 Å². The van der Waals surface area contributed by atoms with Crippen molar-refractivity contribution in [1.29, 1.82) is 0 Å². The summed E-state index contributed by atoms with van der Waals surface area (Å²) in [7, 11) is 1.56. The van der Waals surface area contributed by atoms with Crippen molar-refractivity contribution < 1.29 is 23.6 Å². The third kappa shape index (κ3) is 7.14. The van der Waals surface area contributed by atoms with E-state index < -0.39 is 17.1 Å². The summed E-state index contributed by atoms with van der Waals surface area (Å²) in [6.07, 6.45) is 2.93. The summed E-state index contributed by atoms with van der Waals surface area (Å²) in [5, 5.41) is 9.36. The lowest BCUT2D eigenvalue weighted by atomic mass is 9.85. The zero-order valence-electron chi connectivity index (χ0n) is 21.9.